The van der Waals surface area contributed by atoms with E-state index in [4.69, 9.17) is 0 Å². The summed E-state index contributed by atoms with van der Waals surface area (Å²) in [6, 6.07) is 34.9. The molecule has 0 aliphatic carbocycles. The van der Waals surface area contributed by atoms with Gasteiger partial charge in [-0.2, -0.15) is 0 Å². The molecule has 0 amide bonds. The van der Waals surface area contributed by atoms with E-state index in [1.165, 1.54) is 27.8 Å². The maximum atomic E-state index is 2.30. The Balaban J connectivity index is 1.62. The molecule has 154 valence electrons. The second-order valence-electron chi connectivity index (χ2n) is 8.03. The van der Waals surface area contributed by atoms with Crippen LogP contribution in [0.5, 0.6) is 0 Å². The minimum atomic E-state index is 1.07. The van der Waals surface area contributed by atoms with E-state index in [1.807, 2.05) is 0 Å². The molecule has 0 aliphatic heterocycles. The monoisotopic (exact) mass is 403 g/mol. The van der Waals surface area contributed by atoms with Crippen molar-refractivity contribution in [3.8, 4) is 0 Å². The van der Waals surface area contributed by atoms with Gasteiger partial charge in [-0.1, -0.05) is 90.9 Å². The van der Waals surface area contributed by atoms with Gasteiger partial charge >= 0.3 is 0 Å². The van der Waals surface area contributed by atoms with Crippen LogP contribution in [0.4, 0.5) is 17.1 Å². The van der Waals surface area contributed by atoms with Gasteiger partial charge in [0, 0.05) is 17.1 Å². The van der Waals surface area contributed by atoms with Gasteiger partial charge in [0.05, 0.1) is 0 Å². The predicted molar refractivity (Wildman–Crippen MR) is 135 cm³/mol. The van der Waals surface area contributed by atoms with Crippen LogP contribution in [0.1, 0.15) is 34.7 Å². The van der Waals surface area contributed by atoms with Crippen LogP contribution < -0.4 is 4.90 Å². The molecule has 0 aliphatic rings. The molecule has 0 unspecified atom stereocenters. The SMILES string of the molecule is CCc1ccc(C=Cc2ccc(N(c3ccc(C)cc3)c3ccc(C)cc3)cc2)cc1. The highest BCUT2D eigenvalue weighted by Gasteiger charge is 2.12. The second kappa shape index (κ2) is 9.49. The molecule has 0 radical (unpaired) electrons. The van der Waals surface area contributed by atoms with Gasteiger partial charge in [0.15, 0.2) is 0 Å². The van der Waals surface area contributed by atoms with Crippen LogP contribution in [0.2, 0.25) is 0 Å². The van der Waals surface area contributed by atoms with E-state index in [1.54, 1.807) is 0 Å². The third-order valence-electron chi connectivity index (χ3n) is 5.59. The molecule has 0 aromatic heterocycles. The molecule has 0 spiro atoms. The molecule has 0 saturated carbocycles. The molecule has 0 N–H and O–H groups in total. The Kier molecular flexibility index (Phi) is 6.33. The summed E-state index contributed by atoms with van der Waals surface area (Å²) in [6.45, 7) is 6.43. The molecule has 4 rings (SSSR count). The van der Waals surface area contributed by atoms with Crippen molar-refractivity contribution in [1.29, 1.82) is 0 Å². The van der Waals surface area contributed by atoms with Gasteiger partial charge in [-0.25, -0.2) is 0 Å². The first-order chi connectivity index (χ1) is 15.1. The lowest BCUT2D eigenvalue weighted by Crippen LogP contribution is -2.09. The number of nitrogens with zero attached hydrogens (tertiary/aromatic N) is 1. The molecule has 1 heteroatoms. The second-order valence-corrected chi connectivity index (χ2v) is 8.03. The molecule has 4 aromatic carbocycles. The summed E-state index contributed by atoms with van der Waals surface area (Å²) in [4.78, 5) is 2.30. The Morgan fingerprint density at radius 2 is 0.871 bits per heavy atom. The molecular weight excluding hydrogens is 374 g/mol. The molecule has 0 heterocycles. The van der Waals surface area contributed by atoms with Crippen LogP contribution in [0, 0.1) is 13.8 Å². The Labute approximate surface area is 186 Å². The normalized spacial score (nSPS) is 11.1. The molecule has 0 bridgehead atoms. The summed E-state index contributed by atoms with van der Waals surface area (Å²) in [6.07, 6.45) is 5.42. The largest absolute Gasteiger partial charge is 0.311 e. The van der Waals surface area contributed by atoms with E-state index >= 15 is 0 Å². The van der Waals surface area contributed by atoms with Gasteiger partial charge in [-0.15, -0.1) is 0 Å². The van der Waals surface area contributed by atoms with E-state index in [0.717, 1.165) is 23.5 Å². The predicted octanol–water partition coefficient (Wildman–Crippen LogP) is 8.51. The summed E-state index contributed by atoms with van der Waals surface area (Å²) >= 11 is 0. The third-order valence-corrected chi connectivity index (χ3v) is 5.59. The fourth-order valence-corrected chi connectivity index (χ4v) is 3.63. The highest BCUT2D eigenvalue weighted by Crippen LogP contribution is 2.34. The smallest absolute Gasteiger partial charge is 0.0462 e. The first-order valence-corrected chi connectivity index (χ1v) is 10.9. The zero-order valence-corrected chi connectivity index (χ0v) is 18.5. The van der Waals surface area contributed by atoms with Crippen molar-refractivity contribution in [3.05, 3.63) is 125 Å². The summed E-state index contributed by atoms with van der Waals surface area (Å²) in [5, 5.41) is 0. The van der Waals surface area contributed by atoms with Gasteiger partial charge in [-0.3, -0.25) is 0 Å². The Morgan fingerprint density at radius 1 is 0.516 bits per heavy atom. The van der Waals surface area contributed by atoms with Gasteiger partial charge in [-0.05, 0) is 73.4 Å². The Morgan fingerprint density at radius 3 is 1.26 bits per heavy atom. The zero-order valence-electron chi connectivity index (χ0n) is 18.5. The van der Waals surface area contributed by atoms with Crippen LogP contribution in [0.15, 0.2) is 97.1 Å². The van der Waals surface area contributed by atoms with Gasteiger partial charge in [0.1, 0.15) is 0 Å². The highest BCUT2D eigenvalue weighted by atomic mass is 15.1. The summed E-state index contributed by atoms with van der Waals surface area (Å²) in [5.74, 6) is 0. The third kappa shape index (κ3) is 5.13. The van der Waals surface area contributed by atoms with Gasteiger partial charge in [0.25, 0.3) is 0 Å². The van der Waals surface area contributed by atoms with Crippen LogP contribution in [0.3, 0.4) is 0 Å². The van der Waals surface area contributed by atoms with E-state index in [0.29, 0.717) is 0 Å². The topological polar surface area (TPSA) is 3.24 Å². The molecule has 4 aromatic rings. The fourth-order valence-electron chi connectivity index (χ4n) is 3.63. The molecule has 31 heavy (non-hydrogen) atoms. The maximum absolute atomic E-state index is 2.30. The van der Waals surface area contributed by atoms with Crippen LogP contribution >= 0.6 is 0 Å². The van der Waals surface area contributed by atoms with Gasteiger partial charge < -0.3 is 4.90 Å². The first-order valence-electron chi connectivity index (χ1n) is 10.9. The highest BCUT2D eigenvalue weighted by molar-refractivity contribution is 5.78. The summed E-state index contributed by atoms with van der Waals surface area (Å²) < 4.78 is 0. The fraction of sp³-hybridized carbons (Fsp3) is 0.133. The lowest BCUT2D eigenvalue weighted by Gasteiger charge is -2.25. The number of rotatable bonds is 6. The Hall–Kier alpha value is -3.58. The summed E-state index contributed by atoms with van der Waals surface area (Å²) in [5.41, 5.74) is 9.78. The Bertz CT molecular complexity index is 1090. The molecular formula is C30H29N. The zero-order chi connectivity index (χ0) is 21.6. The lowest BCUT2D eigenvalue weighted by molar-refractivity contribution is 1.14. The van der Waals surface area contributed by atoms with Crippen molar-refractivity contribution >= 4 is 29.2 Å². The molecule has 0 saturated heterocycles. The van der Waals surface area contributed by atoms with E-state index in [-0.39, 0.29) is 0 Å². The van der Waals surface area contributed by atoms with Crippen molar-refractivity contribution < 1.29 is 0 Å². The number of hydrogen-bond acceptors (Lipinski definition) is 1. The van der Waals surface area contributed by atoms with E-state index in [9.17, 15) is 0 Å². The molecule has 0 atom stereocenters. The van der Waals surface area contributed by atoms with Crippen molar-refractivity contribution in [2.75, 3.05) is 4.90 Å². The van der Waals surface area contributed by atoms with E-state index < -0.39 is 0 Å². The van der Waals surface area contributed by atoms with Crippen molar-refractivity contribution in [2.24, 2.45) is 0 Å². The average Bonchev–Trinajstić information content (AvgIpc) is 2.81. The number of aryl methyl sites for hydroxylation is 3. The summed E-state index contributed by atoms with van der Waals surface area (Å²) in [7, 11) is 0. The number of anilines is 3. The van der Waals surface area contributed by atoms with Crippen molar-refractivity contribution in [1.82, 2.24) is 0 Å². The molecule has 1 nitrogen and oxygen atoms in total. The van der Waals surface area contributed by atoms with Crippen molar-refractivity contribution in [3.63, 3.8) is 0 Å². The maximum Gasteiger partial charge on any atom is 0.0462 e. The minimum absolute atomic E-state index is 1.07. The number of benzene rings is 4. The molecule has 0 fully saturated rings. The first kappa shape index (κ1) is 20.7. The van der Waals surface area contributed by atoms with Gasteiger partial charge in [0.2, 0.25) is 0 Å². The van der Waals surface area contributed by atoms with Crippen LogP contribution in [-0.2, 0) is 6.42 Å². The quantitative estimate of drug-likeness (QED) is 0.292. The minimum Gasteiger partial charge on any atom is -0.311 e. The van der Waals surface area contributed by atoms with Crippen molar-refractivity contribution in [2.45, 2.75) is 27.2 Å². The van der Waals surface area contributed by atoms with Crippen LogP contribution in [-0.4, -0.2) is 0 Å². The van der Waals surface area contributed by atoms with E-state index in [2.05, 4.69) is 135 Å². The standard InChI is InChI=1S/C30H29N/c1-4-25-9-11-26(12-10-25)13-14-27-15-21-30(22-16-27)31(28-17-5-23(2)6-18-28)29-19-7-24(3)8-20-29/h5-22H,4H2,1-3H3. The van der Waals surface area contributed by atoms with Crippen LogP contribution in [0.25, 0.3) is 12.2 Å². The number of hydrogen-bond donors (Lipinski definition) is 0. The lowest BCUT2D eigenvalue weighted by atomic mass is 10.1. The average molecular weight is 404 g/mol.